The summed E-state index contributed by atoms with van der Waals surface area (Å²) in [7, 11) is 0. The second-order valence-corrected chi connectivity index (χ2v) is 3.98. The lowest BCUT2D eigenvalue weighted by molar-refractivity contribution is 0.472. The van der Waals surface area contributed by atoms with Crippen LogP contribution in [-0.4, -0.2) is 9.97 Å². The van der Waals surface area contributed by atoms with E-state index in [4.69, 9.17) is 33.7 Å². The molecule has 0 saturated heterocycles. The fraction of sp³-hybridized carbons (Fsp3) is 0. The molecule has 0 bridgehead atoms. The van der Waals surface area contributed by atoms with Crippen LogP contribution in [0.3, 0.4) is 0 Å². The number of hydrogen-bond acceptors (Lipinski definition) is 4. The Morgan fingerprint density at radius 2 is 2.06 bits per heavy atom. The van der Waals surface area contributed by atoms with Crippen LogP contribution in [0.5, 0.6) is 11.5 Å². The van der Waals surface area contributed by atoms with Crippen molar-refractivity contribution in [3.8, 4) is 11.5 Å². The van der Waals surface area contributed by atoms with Gasteiger partial charge in [0.15, 0.2) is 5.95 Å². The summed E-state index contributed by atoms with van der Waals surface area (Å²) in [6, 6.07) is 4.67. The van der Waals surface area contributed by atoms with Crippen molar-refractivity contribution in [3.63, 3.8) is 0 Å². The number of halogens is 2. The molecule has 5 nitrogen and oxygen atoms in total. The molecule has 0 aliphatic heterocycles. The summed E-state index contributed by atoms with van der Waals surface area (Å²) in [5.41, 5.74) is 4.82. The minimum atomic E-state index is -0.483. The van der Waals surface area contributed by atoms with Crippen LogP contribution >= 0.6 is 23.2 Å². The van der Waals surface area contributed by atoms with Crippen LogP contribution in [0.4, 0.5) is 5.95 Å². The fourth-order valence-electron chi connectivity index (χ4n) is 1.15. The Hall–Kier alpha value is -1.72. The van der Waals surface area contributed by atoms with Crippen molar-refractivity contribution in [2.45, 2.75) is 0 Å². The molecule has 0 atom stereocenters. The van der Waals surface area contributed by atoms with E-state index in [-0.39, 0.29) is 11.7 Å². The van der Waals surface area contributed by atoms with E-state index in [1.165, 1.54) is 12.3 Å². The Kier molecular flexibility index (Phi) is 3.21. The van der Waals surface area contributed by atoms with Gasteiger partial charge in [0, 0.05) is 5.02 Å². The van der Waals surface area contributed by atoms with Crippen molar-refractivity contribution in [2.24, 2.45) is 0 Å². The predicted octanol–water partition coefficient (Wildman–Crippen LogP) is 2.45. The molecular formula is C10H7Cl2N3O2. The molecule has 17 heavy (non-hydrogen) atoms. The third-order valence-corrected chi connectivity index (χ3v) is 2.43. The van der Waals surface area contributed by atoms with Crippen molar-refractivity contribution < 1.29 is 4.74 Å². The number of aromatic nitrogens is 2. The zero-order chi connectivity index (χ0) is 12.4. The third kappa shape index (κ3) is 2.69. The van der Waals surface area contributed by atoms with E-state index in [1.54, 1.807) is 12.1 Å². The van der Waals surface area contributed by atoms with Gasteiger partial charge in [0.25, 0.3) is 5.56 Å². The fourth-order valence-corrected chi connectivity index (χ4v) is 1.59. The average Bonchev–Trinajstić information content (AvgIpc) is 2.25. The van der Waals surface area contributed by atoms with E-state index in [9.17, 15) is 4.79 Å². The van der Waals surface area contributed by atoms with E-state index < -0.39 is 5.56 Å². The topological polar surface area (TPSA) is 81.0 Å². The Bertz CT molecular complexity index is 613. The van der Waals surface area contributed by atoms with E-state index >= 15 is 0 Å². The van der Waals surface area contributed by atoms with E-state index in [0.717, 1.165) is 0 Å². The van der Waals surface area contributed by atoms with Crippen LogP contribution in [0, 0.1) is 0 Å². The summed E-state index contributed by atoms with van der Waals surface area (Å²) in [5, 5.41) is 0.778. The number of nitrogen functional groups attached to an aromatic ring is 1. The highest BCUT2D eigenvalue weighted by Gasteiger charge is 2.07. The molecule has 1 aromatic carbocycles. The van der Waals surface area contributed by atoms with E-state index in [0.29, 0.717) is 15.8 Å². The predicted molar refractivity (Wildman–Crippen MR) is 65.8 cm³/mol. The largest absolute Gasteiger partial charge is 0.448 e. The second-order valence-electron chi connectivity index (χ2n) is 3.14. The molecule has 0 radical (unpaired) electrons. The molecule has 0 aliphatic carbocycles. The van der Waals surface area contributed by atoms with Crippen LogP contribution < -0.4 is 16.0 Å². The Morgan fingerprint density at radius 3 is 2.71 bits per heavy atom. The first-order valence-electron chi connectivity index (χ1n) is 4.54. The van der Waals surface area contributed by atoms with Gasteiger partial charge in [0.1, 0.15) is 5.75 Å². The molecule has 7 heteroatoms. The molecule has 0 spiro atoms. The van der Waals surface area contributed by atoms with E-state index in [1.807, 2.05) is 0 Å². The Labute approximate surface area is 106 Å². The lowest BCUT2D eigenvalue weighted by Crippen LogP contribution is -2.12. The van der Waals surface area contributed by atoms with E-state index in [2.05, 4.69) is 9.97 Å². The number of benzene rings is 1. The van der Waals surface area contributed by atoms with Gasteiger partial charge in [0.05, 0.1) is 11.2 Å². The number of nitrogens with two attached hydrogens (primary N) is 1. The summed E-state index contributed by atoms with van der Waals surface area (Å²) in [6.07, 6.45) is 1.22. The number of nitrogens with one attached hydrogen (secondary N) is 1. The number of H-pyrrole nitrogens is 1. The number of aromatic amines is 1. The molecule has 0 aliphatic rings. The average molecular weight is 272 g/mol. The number of anilines is 1. The van der Waals surface area contributed by atoms with Crippen molar-refractivity contribution in [1.82, 2.24) is 9.97 Å². The molecule has 0 unspecified atom stereocenters. The van der Waals surface area contributed by atoms with Gasteiger partial charge in [-0.05, 0) is 18.2 Å². The highest BCUT2D eigenvalue weighted by molar-refractivity contribution is 6.35. The molecule has 1 heterocycles. The maximum absolute atomic E-state index is 11.5. The van der Waals surface area contributed by atoms with Crippen molar-refractivity contribution in [1.29, 1.82) is 0 Å². The SMILES string of the molecule is Nc1ncc(Oc2ccc(Cl)cc2Cl)c(=O)[nH]1. The number of rotatable bonds is 2. The van der Waals surface area contributed by atoms with Gasteiger partial charge in [-0.1, -0.05) is 23.2 Å². The van der Waals surface area contributed by atoms with Gasteiger partial charge < -0.3 is 10.5 Å². The van der Waals surface area contributed by atoms with Gasteiger partial charge in [0.2, 0.25) is 5.75 Å². The number of nitrogens with zero attached hydrogens (tertiary/aromatic N) is 1. The molecule has 88 valence electrons. The summed E-state index contributed by atoms with van der Waals surface area (Å²) < 4.78 is 5.30. The van der Waals surface area contributed by atoms with Gasteiger partial charge in [-0.15, -0.1) is 0 Å². The molecular weight excluding hydrogens is 265 g/mol. The highest BCUT2D eigenvalue weighted by atomic mass is 35.5. The minimum Gasteiger partial charge on any atom is -0.448 e. The summed E-state index contributed by atoms with van der Waals surface area (Å²) in [6.45, 7) is 0. The second kappa shape index (κ2) is 4.65. The molecule has 0 fully saturated rings. The summed E-state index contributed by atoms with van der Waals surface area (Å²) in [4.78, 5) is 17.5. The molecule has 2 aromatic rings. The maximum Gasteiger partial charge on any atom is 0.295 e. The Balaban J connectivity index is 2.35. The quantitative estimate of drug-likeness (QED) is 0.879. The van der Waals surface area contributed by atoms with Crippen molar-refractivity contribution in [3.05, 3.63) is 44.8 Å². The normalized spacial score (nSPS) is 10.2. The summed E-state index contributed by atoms with van der Waals surface area (Å²) >= 11 is 11.6. The van der Waals surface area contributed by atoms with Crippen LogP contribution in [0.2, 0.25) is 10.0 Å². The monoisotopic (exact) mass is 271 g/mol. The van der Waals surface area contributed by atoms with Crippen LogP contribution in [0.1, 0.15) is 0 Å². The lowest BCUT2D eigenvalue weighted by Gasteiger charge is -2.06. The lowest BCUT2D eigenvalue weighted by atomic mass is 10.3. The van der Waals surface area contributed by atoms with Crippen molar-refractivity contribution in [2.75, 3.05) is 5.73 Å². The van der Waals surface area contributed by atoms with Gasteiger partial charge in [-0.25, -0.2) is 4.98 Å². The molecule has 1 aromatic heterocycles. The smallest absolute Gasteiger partial charge is 0.295 e. The number of hydrogen-bond donors (Lipinski definition) is 2. The van der Waals surface area contributed by atoms with Crippen LogP contribution in [0.25, 0.3) is 0 Å². The third-order valence-electron chi connectivity index (χ3n) is 1.90. The van der Waals surface area contributed by atoms with Crippen LogP contribution in [0.15, 0.2) is 29.2 Å². The molecule has 0 amide bonds. The first kappa shape index (κ1) is 11.8. The minimum absolute atomic E-state index is 0.00317. The van der Waals surface area contributed by atoms with Crippen molar-refractivity contribution >= 4 is 29.2 Å². The summed E-state index contributed by atoms with van der Waals surface area (Å²) in [5.74, 6) is 0.334. The zero-order valence-electron chi connectivity index (χ0n) is 8.41. The van der Waals surface area contributed by atoms with Gasteiger partial charge in [-0.3, -0.25) is 9.78 Å². The molecule has 2 rings (SSSR count). The van der Waals surface area contributed by atoms with Crippen LogP contribution in [-0.2, 0) is 0 Å². The van der Waals surface area contributed by atoms with Gasteiger partial charge >= 0.3 is 0 Å². The standard InChI is InChI=1S/C10H7Cl2N3O2/c11-5-1-2-7(6(12)3-5)17-8-4-14-10(13)15-9(8)16/h1-4H,(H3,13,14,15,16). The first-order chi connectivity index (χ1) is 8.06. The maximum atomic E-state index is 11.5. The Morgan fingerprint density at radius 1 is 1.29 bits per heavy atom. The number of ether oxygens (including phenoxy) is 1. The zero-order valence-corrected chi connectivity index (χ0v) is 9.92. The molecule has 3 N–H and O–H groups in total. The highest BCUT2D eigenvalue weighted by Crippen LogP contribution is 2.30. The first-order valence-corrected chi connectivity index (χ1v) is 5.29. The molecule has 0 saturated carbocycles. The van der Waals surface area contributed by atoms with Gasteiger partial charge in [-0.2, -0.15) is 0 Å².